The molecule has 0 amide bonds. The SMILES string of the molecule is CN(C)c1ncccc1[C@@H]1CO1. The van der Waals surface area contributed by atoms with E-state index in [2.05, 4.69) is 11.1 Å². The fraction of sp³-hybridized carbons (Fsp3) is 0.444. The summed E-state index contributed by atoms with van der Waals surface area (Å²) in [6, 6.07) is 4.02. The molecule has 0 aliphatic carbocycles. The van der Waals surface area contributed by atoms with Crippen molar-refractivity contribution < 1.29 is 4.74 Å². The van der Waals surface area contributed by atoms with Gasteiger partial charge in [-0.25, -0.2) is 4.98 Å². The van der Waals surface area contributed by atoms with E-state index >= 15 is 0 Å². The maximum Gasteiger partial charge on any atom is 0.133 e. The summed E-state index contributed by atoms with van der Waals surface area (Å²) in [5, 5.41) is 0. The Morgan fingerprint density at radius 1 is 1.58 bits per heavy atom. The average molecular weight is 164 g/mol. The Hall–Kier alpha value is -1.09. The summed E-state index contributed by atoms with van der Waals surface area (Å²) in [5.41, 5.74) is 1.20. The highest BCUT2D eigenvalue weighted by atomic mass is 16.6. The summed E-state index contributed by atoms with van der Waals surface area (Å²) in [5.74, 6) is 1.01. The number of ether oxygens (including phenoxy) is 1. The van der Waals surface area contributed by atoms with Crippen molar-refractivity contribution in [2.45, 2.75) is 6.10 Å². The van der Waals surface area contributed by atoms with Crippen molar-refractivity contribution in [1.29, 1.82) is 0 Å². The lowest BCUT2D eigenvalue weighted by molar-refractivity contribution is 0.415. The van der Waals surface area contributed by atoms with Crippen molar-refractivity contribution in [3.63, 3.8) is 0 Å². The highest BCUT2D eigenvalue weighted by molar-refractivity contribution is 5.47. The first-order valence-corrected chi connectivity index (χ1v) is 4.03. The Balaban J connectivity index is 2.36. The van der Waals surface area contributed by atoms with E-state index in [9.17, 15) is 0 Å². The largest absolute Gasteiger partial charge is 0.368 e. The van der Waals surface area contributed by atoms with Crippen LogP contribution in [0.3, 0.4) is 0 Å². The van der Waals surface area contributed by atoms with Gasteiger partial charge in [-0.3, -0.25) is 0 Å². The highest BCUT2D eigenvalue weighted by Gasteiger charge is 2.28. The number of pyridine rings is 1. The number of aromatic nitrogens is 1. The van der Waals surface area contributed by atoms with Crippen LogP contribution in [-0.4, -0.2) is 25.7 Å². The molecule has 1 atom stereocenters. The molecule has 1 aliphatic rings. The van der Waals surface area contributed by atoms with Gasteiger partial charge in [0, 0.05) is 25.9 Å². The van der Waals surface area contributed by atoms with Crippen LogP contribution in [0.15, 0.2) is 18.3 Å². The first-order chi connectivity index (χ1) is 5.79. The molecule has 2 heterocycles. The number of hydrogen-bond acceptors (Lipinski definition) is 3. The van der Waals surface area contributed by atoms with Crippen LogP contribution in [0.2, 0.25) is 0 Å². The molecule has 0 saturated carbocycles. The van der Waals surface area contributed by atoms with Crippen molar-refractivity contribution in [3.05, 3.63) is 23.9 Å². The molecule has 1 saturated heterocycles. The van der Waals surface area contributed by atoms with Crippen LogP contribution in [0.5, 0.6) is 0 Å². The van der Waals surface area contributed by atoms with Gasteiger partial charge in [0.1, 0.15) is 11.9 Å². The lowest BCUT2D eigenvalue weighted by Crippen LogP contribution is -2.12. The van der Waals surface area contributed by atoms with Crippen molar-refractivity contribution in [3.8, 4) is 0 Å². The van der Waals surface area contributed by atoms with Crippen LogP contribution in [0.1, 0.15) is 11.7 Å². The predicted octanol–water partition coefficient (Wildman–Crippen LogP) is 1.22. The average Bonchev–Trinajstić information content (AvgIpc) is 2.87. The van der Waals surface area contributed by atoms with Crippen LogP contribution in [-0.2, 0) is 4.74 Å². The lowest BCUT2D eigenvalue weighted by Gasteiger charge is -2.13. The molecule has 1 aliphatic heterocycles. The zero-order valence-corrected chi connectivity index (χ0v) is 7.32. The molecule has 0 N–H and O–H groups in total. The van der Waals surface area contributed by atoms with E-state index in [-0.39, 0.29) is 6.10 Å². The minimum Gasteiger partial charge on any atom is -0.368 e. The highest BCUT2D eigenvalue weighted by Crippen LogP contribution is 2.34. The first-order valence-electron chi connectivity index (χ1n) is 4.03. The van der Waals surface area contributed by atoms with Gasteiger partial charge in [0.2, 0.25) is 0 Å². The number of nitrogens with zero attached hydrogens (tertiary/aromatic N) is 2. The maximum absolute atomic E-state index is 5.22. The molecule has 3 nitrogen and oxygen atoms in total. The third-order valence-electron chi connectivity index (χ3n) is 1.92. The number of epoxide rings is 1. The third kappa shape index (κ3) is 1.28. The molecule has 0 unspecified atom stereocenters. The number of rotatable bonds is 2. The van der Waals surface area contributed by atoms with Gasteiger partial charge in [-0.1, -0.05) is 6.07 Å². The van der Waals surface area contributed by atoms with Crippen molar-refractivity contribution in [1.82, 2.24) is 4.98 Å². The molecule has 12 heavy (non-hydrogen) atoms. The monoisotopic (exact) mass is 164 g/mol. The summed E-state index contributed by atoms with van der Waals surface area (Å²) in [6.07, 6.45) is 2.09. The maximum atomic E-state index is 5.22. The van der Waals surface area contributed by atoms with Gasteiger partial charge in [-0.15, -0.1) is 0 Å². The van der Waals surface area contributed by atoms with E-state index in [4.69, 9.17) is 4.74 Å². The minimum absolute atomic E-state index is 0.288. The van der Waals surface area contributed by atoms with Crippen LogP contribution < -0.4 is 4.90 Å². The van der Waals surface area contributed by atoms with E-state index in [1.807, 2.05) is 25.1 Å². The Morgan fingerprint density at radius 2 is 2.33 bits per heavy atom. The normalized spacial score (nSPS) is 20.7. The van der Waals surface area contributed by atoms with Crippen molar-refractivity contribution in [2.24, 2.45) is 0 Å². The topological polar surface area (TPSA) is 28.7 Å². The zero-order chi connectivity index (χ0) is 8.55. The van der Waals surface area contributed by atoms with E-state index in [1.54, 1.807) is 6.20 Å². The number of anilines is 1. The second-order valence-corrected chi connectivity index (χ2v) is 3.13. The predicted molar refractivity (Wildman–Crippen MR) is 47.3 cm³/mol. The van der Waals surface area contributed by atoms with Gasteiger partial charge in [0.25, 0.3) is 0 Å². The zero-order valence-electron chi connectivity index (χ0n) is 7.32. The molecule has 3 heteroatoms. The van der Waals surface area contributed by atoms with Crippen LogP contribution in [0.4, 0.5) is 5.82 Å². The fourth-order valence-corrected chi connectivity index (χ4v) is 1.26. The van der Waals surface area contributed by atoms with E-state index in [0.29, 0.717) is 0 Å². The summed E-state index contributed by atoms with van der Waals surface area (Å²) in [7, 11) is 3.99. The van der Waals surface area contributed by atoms with Gasteiger partial charge in [0.05, 0.1) is 6.61 Å². The Kier molecular flexibility index (Phi) is 1.73. The van der Waals surface area contributed by atoms with Crippen molar-refractivity contribution >= 4 is 5.82 Å². The van der Waals surface area contributed by atoms with E-state index in [1.165, 1.54) is 5.56 Å². The Labute approximate surface area is 72.0 Å². The molecule has 2 rings (SSSR count). The molecule has 0 radical (unpaired) electrons. The second kappa shape index (κ2) is 2.75. The van der Waals surface area contributed by atoms with E-state index in [0.717, 1.165) is 12.4 Å². The fourth-order valence-electron chi connectivity index (χ4n) is 1.26. The smallest absolute Gasteiger partial charge is 0.133 e. The number of hydrogen-bond donors (Lipinski definition) is 0. The molecular formula is C9H12N2O. The van der Waals surface area contributed by atoms with Gasteiger partial charge < -0.3 is 9.64 Å². The van der Waals surface area contributed by atoms with Gasteiger partial charge >= 0.3 is 0 Å². The molecule has 1 aromatic heterocycles. The first kappa shape index (κ1) is 7.55. The van der Waals surface area contributed by atoms with E-state index < -0.39 is 0 Å². The van der Waals surface area contributed by atoms with Crippen LogP contribution in [0, 0.1) is 0 Å². The minimum atomic E-state index is 0.288. The third-order valence-corrected chi connectivity index (χ3v) is 1.92. The molecule has 0 bridgehead atoms. The van der Waals surface area contributed by atoms with Gasteiger partial charge in [0.15, 0.2) is 0 Å². The molecule has 0 spiro atoms. The quantitative estimate of drug-likeness (QED) is 0.615. The molecular weight excluding hydrogens is 152 g/mol. The van der Waals surface area contributed by atoms with Gasteiger partial charge in [-0.2, -0.15) is 0 Å². The second-order valence-electron chi connectivity index (χ2n) is 3.13. The standard InChI is InChI=1S/C9H12N2O/c1-11(2)9-7(8-6-12-8)4-3-5-10-9/h3-5,8H,6H2,1-2H3/t8-/m0/s1. The molecule has 64 valence electrons. The van der Waals surface area contributed by atoms with Crippen LogP contribution >= 0.6 is 0 Å². The van der Waals surface area contributed by atoms with Gasteiger partial charge in [-0.05, 0) is 6.07 Å². The molecule has 0 aromatic carbocycles. The van der Waals surface area contributed by atoms with Crippen LogP contribution in [0.25, 0.3) is 0 Å². The Morgan fingerprint density at radius 3 is 2.92 bits per heavy atom. The van der Waals surface area contributed by atoms with Crippen molar-refractivity contribution in [2.75, 3.05) is 25.6 Å². The molecule has 1 aromatic rings. The lowest BCUT2D eigenvalue weighted by atomic mass is 10.2. The summed E-state index contributed by atoms with van der Waals surface area (Å²) in [4.78, 5) is 6.30. The summed E-state index contributed by atoms with van der Waals surface area (Å²) >= 11 is 0. The summed E-state index contributed by atoms with van der Waals surface area (Å²) < 4.78 is 5.22. The molecule has 1 fully saturated rings. The Bertz CT molecular complexity index is 261. The summed E-state index contributed by atoms with van der Waals surface area (Å²) in [6.45, 7) is 0.840.